The molecule has 2 rings (SSSR count). The van der Waals surface area contributed by atoms with Crippen molar-refractivity contribution in [2.75, 3.05) is 33.9 Å². The lowest BCUT2D eigenvalue weighted by Gasteiger charge is -2.46. The van der Waals surface area contributed by atoms with Gasteiger partial charge in [-0.2, -0.15) is 0 Å². The number of likely N-dealkylation sites (N-methyl/N-ethyl adjacent to an activating group) is 1. The average Bonchev–Trinajstić information content (AvgIpc) is 2.59. The van der Waals surface area contributed by atoms with Crippen LogP contribution in [0.15, 0.2) is 10.6 Å². The molecule has 1 aromatic rings. The lowest BCUT2D eigenvalue weighted by atomic mass is 9.90. The third kappa shape index (κ3) is 2.11. The number of rotatable bonds is 5. The Hall–Kier alpha value is -0.910. The van der Waals surface area contributed by atoms with E-state index in [2.05, 4.69) is 24.2 Å². The number of aliphatic hydroxyl groups excluding tert-OH is 1. The zero-order chi connectivity index (χ0) is 11.6. The lowest BCUT2D eigenvalue weighted by molar-refractivity contribution is -0.124. The van der Waals surface area contributed by atoms with Gasteiger partial charge in [0.25, 0.3) is 0 Å². The smallest absolute Gasteiger partial charge is 0.139 e. The van der Waals surface area contributed by atoms with Gasteiger partial charge >= 0.3 is 0 Å². The van der Waals surface area contributed by atoms with Gasteiger partial charge in [-0.3, -0.25) is 4.90 Å². The number of aliphatic hydroxyl groups is 1. The minimum Gasteiger partial charge on any atom is -0.396 e. The Morgan fingerprint density at radius 2 is 2.25 bits per heavy atom. The normalized spacial score (nSPS) is 18.8. The molecule has 16 heavy (non-hydrogen) atoms. The van der Waals surface area contributed by atoms with E-state index in [0.717, 1.165) is 31.1 Å². The molecule has 1 aliphatic rings. The summed E-state index contributed by atoms with van der Waals surface area (Å²) in [7, 11) is 4.11. The van der Waals surface area contributed by atoms with E-state index >= 15 is 0 Å². The molecule has 0 aliphatic carbocycles. The van der Waals surface area contributed by atoms with Crippen molar-refractivity contribution in [1.82, 2.24) is 10.1 Å². The maximum Gasteiger partial charge on any atom is 0.139 e. The van der Waals surface area contributed by atoms with Crippen LogP contribution in [0.5, 0.6) is 0 Å². The van der Waals surface area contributed by atoms with E-state index in [1.807, 2.05) is 6.07 Å². The zero-order valence-electron chi connectivity index (χ0n) is 9.77. The summed E-state index contributed by atoms with van der Waals surface area (Å²) in [6.07, 6.45) is 1.35. The minimum absolute atomic E-state index is 0.0629. The second-order valence-electron chi connectivity index (χ2n) is 4.55. The highest BCUT2D eigenvalue weighted by atomic mass is 16.5. The van der Waals surface area contributed by atoms with E-state index in [1.54, 1.807) is 0 Å². The Morgan fingerprint density at radius 3 is 2.75 bits per heavy atom. The van der Waals surface area contributed by atoms with Gasteiger partial charge in [0.15, 0.2) is 0 Å². The zero-order valence-corrected chi connectivity index (χ0v) is 9.77. The molecule has 5 nitrogen and oxygen atoms in total. The van der Waals surface area contributed by atoms with Crippen molar-refractivity contribution >= 4 is 0 Å². The van der Waals surface area contributed by atoms with Gasteiger partial charge in [-0.15, -0.1) is 0 Å². The highest BCUT2D eigenvalue weighted by Crippen LogP contribution is 2.27. The van der Waals surface area contributed by atoms with Crippen LogP contribution < -0.4 is 0 Å². The molecule has 0 radical (unpaired) electrons. The van der Waals surface area contributed by atoms with Gasteiger partial charge in [0.2, 0.25) is 0 Å². The lowest BCUT2D eigenvalue weighted by Crippen LogP contribution is -2.61. The molecule has 1 aromatic heterocycles. The first-order chi connectivity index (χ1) is 7.66. The van der Waals surface area contributed by atoms with Gasteiger partial charge in [0.05, 0.1) is 31.1 Å². The van der Waals surface area contributed by atoms with Gasteiger partial charge < -0.3 is 14.4 Å². The Labute approximate surface area is 95.0 Å². The predicted octanol–water partition coefficient (Wildman–Crippen LogP) is 0.0825. The number of aromatic nitrogens is 1. The van der Waals surface area contributed by atoms with E-state index in [1.165, 1.54) is 0 Å². The van der Waals surface area contributed by atoms with E-state index in [9.17, 15) is 0 Å². The molecule has 1 saturated heterocycles. The van der Waals surface area contributed by atoms with Gasteiger partial charge in [-0.1, -0.05) is 5.16 Å². The van der Waals surface area contributed by atoms with Gasteiger partial charge in [-0.25, -0.2) is 0 Å². The maximum absolute atomic E-state index is 8.79. The molecule has 0 amide bonds. The van der Waals surface area contributed by atoms with Crippen molar-refractivity contribution in [2.45, 2.75) is 18.4 Å². The number of hydrogen-bond donors (Lipinski definition) is 1. The standard InChI is InChI=1S/C11H18N2O3/c1-13(2)11(7-15-8-11)6-9-5-10(3-4-14)16-12-9/h5,14H,3-4,6-8H2,1-2H3. The molecule has 1 N–H and O–H groups in total. The Morgan fingerprint density at radius 1 is 1.50 bits per heavy atom. The van der Waals surface area contributed by atoms with Crippen molar-refractivity contribution in [3.05, 3.63) is 17.5 Å². The molecule has 0 saturated carbocycles. The SMILES string of the molecule is CN(C)C1(Cc2cc(CCO)on2)COC1. The van der Waals surface area contributed by atoms with Crippen molar-refractivity contribution in [3.63, 3.8) is 0 Å². The quantitative estimate of drug-likeness (QED) is 0.770. The summed E-state index contributed by atoms with van der Waals surface area (Å²) in [5, 5.41) is 12.8. The molecule has 1 fully saturated rings. The summed E-state index contributed by atoms with van der Waals surface area (Å²) in [5.74, 6) is 0.742. The first kappa shape index (κ1) is 11.6. The van der Waals surface area contributed by atoms with E-state index < -0.39 is 0 Å². The summed E-state index contributed by atoms with van der Waals surface area (Å²) in [5.41, 5.74) is 0.994. The van der Waals surface area contributed by atoms with Crippen LogP contribution in [0.2, 0.25) is 0 Å². The fraction of sp³-hybridized carbons (Fsp3) is 0.727. The fourth-order valence-electron chi connectivity index (χ4n) is 1.86. The Bertz CT molecular complexity index is 345. The summed E-state index contributed by atoms with van der Waals surface area (Å²) < 4.78 is 10.4. The predicted molar refractivity (Wildman–Crippen MR) is 58.2 cm³/mol. The van der Waals surface area contributed by atoms with Crippen LogP contribution in [-0.4, -0.2) is 54.6 Å². The molecule has 1 aliphatic heterocycles. The van der Waals surface area contributed by atoms with Gasteiger partial charge in [0, 0.05) is 18.9 Å². The molecular weight excluding hydrogens is 208 g/mol. The topological polar surface area (TPSA) is 58.7 Å². The third-order valence-electron chi connectivity index (χ3n) is 3.17. The molecule has 0 aromatic carbocycles. The molecule has 2 heterocycles. The largest absolute Gasteiger partial charge is 0.396 e. The number of hydrogen-bond acceptors (Lipinski definition) is 5. The van der Waals surface area contributed by atoms with Crippen LogP contribution in [0.25, 0.3) is 0 Å². The van der Waals surface area contributed by atoms with Crippen LogP contribution in [0.3, 0.4) is 0 Å². The van der Waals surface area contributed by atoms with E-state index in [-0.39, 0.29) is 12.1 Å². The third-order valence-corrected chi connectivity index (χ3v) is 3.17. The second kappa shape index (κ2) is 4.53. The van der Waals surface area contributed by atoms with Crippen LogP contribution >= 0.6 is 0 Å². The Balaban J connectivity index is 2.02. The van der Waals surface area contributed by atoms with Crippen LogP contribution in [0.1, 0.15) is 11.5 Å². The second-order valence-corrected chi connectivity index (χ2v) is 4.55. The number of nitrogens with zero attached hydrogens (tertiary/aromatic N) is 2. The van der Waals surface area contributed by atoms with Crippen molar-refractivity contribution in [2.24, 2.45) is 0 Å². The van der Waals surface area contributed by atoms with Crippen LogP contribution in [0.4, 0.5) is 0 Å². The molecule has 5 heteroatoms. The van der Waals surface area contributed by atoms with Crippen molar-refractivity contribution in [1.29, 1.82) is 0 Å². The minimum atomic E-state index is 0.0629. The molecule has 90 valence electrons. The summed E-state index contributed by atoms with van der Waals surface area (Å²) in [4.78, 5) is 2.18. The van der Waals surface area contributed by atoms with Crippen molar-refractivity contribution in [3.8, 4) is 0 Å². The highest BCUT2D eigenvalue weighted by molar-refractivity contribution is 5.12. The first-order valence-electron chi connectivity index (χ1n) is 5.47. The molecular formula is C11H18N2O3. The highest BCUT2D eigenvalue weighted by Gasteiger charge is 2.41. The van der Waals surface area contributed by atoms with Gasteiger partial charge in [-0.05, 0) is 14.1 Å². The monoisotopic (exact) mass is 226 g/mol. The van der Waals surface area contributed by atoms with E-state index in [0.29, 0.717) is 6.42 Å². The summed E-state index contributed by atoms with van der Waals surface area (Å²) >= 11 is 0. The van der Waals surface area contributed by atoms with Crippen molar-refractivity contribution < 1.29 is 14.4 Å². The number of ether oxygens (including phenoxy) is 1. The summed E-state index contributed by atoms with van der Waals surface area (Å²) in [6, 6.07) is 1.92. The molecule has 0 atom stereocenters. The van der Waals surface area contributed by atoms with Crippen LogP contribution in [-0.2, 0) is 17.6 Å². The molecule has 0 unspecified atom stereocenters. The van der Waals surface area contributed by atoms with Crippen LogP contribution in [0, 0.1) is 0 Å². The van der Waals surface area contributed by atoms with Gasteiger partial charge in [0.1, 0.15) is 5.76 Å². The fourth-order valence-corrected chi connectivity index (χ4v) is 1.86. The maximum atomic E-state index is 8.79. The molecule has 0 bridgehead atoms. The average molecular weight is 226 g/mol. The first-order valence-corrected chi connectivity index (χ1v) is 5.47. The van der Waals surface area contributed by atoms with E-state index in [4.69, 9.17) is 14.4 Å². The summed E-state index contributed by atoms with van der Waals surface area (Å²) in [6.45, 7) is 1.57. The Kier molecular flexibility index (Phi) is 3.28. The molecule has 0 spiro atoms.